The van der Waals surface area contributed by atoms with Gasteiger partial charge < -0.3 is 9.42 Å². The molecule has 1 amide bonds. The van der Waals surface area contributed by atoms with E-state index in [2.05, 4.69) is 10.1 Å². The lowest BCUT2D eigenvalue weighted by molar-refractivity contribution is 0.0705. The van der Waals surface area contributed by atoms with Gasteiger partial charge in [-0.3, -0.25) is 4.79 Å². The molecule has 26 heavy (non-hydrogen) atoms. The van der Waals surface area contributed by atoms with Crippen LogP contribution >= 0.6 is 11.6 Å². The highest BCUT2D eigenvalue weighted by molar-refractivity contribution is 6.30. The zero-order valence-electron chi connectivity index (χ0n) is 13.7. The molecule has 2 aromatic carbocycles. The van der Waals surface area contributed by atoms with Crippen molar-refractivity contribution in [3.05, 3.63) is 70.8 Å². The summed E-state index contributed by atoms with van der Waals surface area (Å²) in [6, 6.07) is 12.7. The van der Waals surface area contributed by atoms with Crippen molar-refractivity contribution in [1.82, 2.24) is 15.0 Å². The van der Waals surface area contributed by atoms with E-state index in [0.717, 1.165) is 12.0 Å². The molecule has 1 fully saturated rings. The summed E-state index contributed by atoms with van der Waals surface area (Å²) in [6.07, 6.45) is 1.49. The fourth-order valence-electron chi connectivity index (χ4n) is 3.14. The molecule has 1 atom stereocenters. The molecule has 0 bridgehead atoms. The number of amides is 1. The van der Waals surface area contributed by atoms with Crippen LogP contribution in [-0.4, -0.2) is 27.5 Å². The van der Waals surface area contributed by atoms with Crippen LogP contribution in [0.25, 0.3) is 11.4 Å². The fourth-order valence-corrected chi connectivity index (χ4v) is 3.27. The maximum atomic E-state index is 14.0. The fraction of sp³-hybridized carbons (Fsp3) is 0.211. The summed E-state index contributed by atoms with van der Waals surface area (Å²) in [5.41, 5.74) is 0.825. The van der Waals surface area contributed by atoms with Crippen LogP contribution in [0.15, 0.2) is 53.1 Å². The third-order valence-corrected chi connectivity index (χ3v) is 4.70. The van der Waals surface area contributed by atoms with Crippen LogP contribution in [-0.2, 0) is 0 Å². The molecule has 0 spiro atoms. The number of likely N-dealkylation sites (tertiary alicyclic amines) is 1. The van der Waals surface area contributed by atoms with Gasteiger partial charge in [0.1, 0.15) is 11.9 Å². The van der Waals surface area contributed by atoms with Gasteiger partial charge in [0, 0.05) is 17.1 Å². The van der Waals surface area contributed by atoms with Gasteiger partial charge in [-0.15, -0.1) is 0 Å². The van der Waals surface area contributed by atoms with Gasteiger partial charge in [-0.05, 0) is 49.2 Å². The quantitative estimate of drug-likeness (QED) is 0.679. The smallest absolute Gasteiger partial charge is 0.257 e. The number of benzene rings is 2. The van der Waals surface area contributed by atoms with Crippen LogP contribution in [0.3, 0.4) is 0 Å². The number of aromatic nitrogens is 2. The van der Waals surface area contributed by atoms with Crippen LogP contribution < -0.4 is 0 Å². The zero-order valence-corrected chi connectivity index (χ0v) is 14.5. The van der Waals surface area contributed by atoms with Crippen molar-refractivity contribution in [2.45, 2.75) is 18.9 Å². The van der Waals surface area contributed by atoms with E-state index in [0.29, 0.717) is 29.7 Å². The summed E-state index contributed by atoms with van der Waals surface area (Å²) < 4.78 is 19.4. The number of hydrogen-bond acceptors (Lipinski definition) is 4. The molecule has 1 aliphatic rings. The van der Waals surface area contributed by atoms with Crippen LogP contribution in [0.4, 0.5) is 4.39 Å². The van der Waals surface area contributed by atoms with E-state index < -0.39 is 5.82 Å². The minimum atomic E-state index is -0.532. The summed E-state index contributed by atoms with van der Waals surface area (Å²) in [6.45, 7) is 0.524. The molecule has 1 unspecified atom stereocenters. The standard InChI is InChI=1S/C19H15ClFN3O2/c20-13-9-7-12(8-10-13)17-22-18(26-23-17)16-6-3-11-24(16)19(25)14-4-1-2-5-15(14)21/h1-2,4-5,7-10,16H,3,6,11H2. The number of nitrogens with zero attached hydrogens (tertiary/aromatic N) is 3. The first kappa shape index (κ1) is 16.7. The lowest BCUT2D eigenvalue weighted by Crippen LogP contribution is -2.31. The van der Waals surface area contributed by atoms with E-state index in [-0.39, 0.29) is 17.5 Å². The number of halogens is 2. The summed E-state index contributed by atoms with van der Waals surface area (Å²) in [4.78, 5) is 18.8. The number of hydrogen-bond donors (Lipinski definition) is 0. The van der Waals surface area contributed by atoms with Crippen molar-refractivity contribution in [3.63, 3.8) is 0 Å². The van der Waals surface area contributed by atoms with Gasteiger partial charge in [0.2, 0.25) is 11.7 Å². The zero-order chi connectivity index (χ0) is 18.1. The summed E-state index contributed by atoms with van der Waals surface area (Å²) in [5, 5.41) is 4.62. The van der Waals surface area contributed by atoms with E-state index >= 15 is 0 Å². The Bertz CT molecular complexity index is 942. The van der Waals surface area contributed by atoms with Gasteiger partial charge >= 0.3 is 0 Å². The van der Waals surface area contributed by atoms with Crippen molar-refractivity contribution in [2.75, 3.05) is 6.54 Å². The SMILES string of the molecule is O=C(c1ccccc1F)N1CCCC1c1nc(-c2ccc(Cl)cc2)no1. The molecule has 7 heteroatoms. The van der Waals surface area contributed by atoms with Gasteiger partial charge in [0.25, 0.3) is 5.91 Å². The van der Waals surface area contributed by atoms with E-state index in [1.54, 1.807) is 41.3 Å². The van der Waals surface area contributed by atoms with Crippen LogP contribution in [0, 0.1) is 5.82 Å². The maximum Gasteiger partial charge on any atom is 0.257 e. The Morgan fingerprint density at radius 2 is 1.96 bits per heavy atom. The molecule has 0 radical (unpaired) electrons. The van der Waals surface area contributed by atoms with Crippen LogP contribution in [0.5, 0.6) is 0 Å². The van der Waals surface area contributed by atoms with Gasteiger partial charge in [0.05, 0.1) is 5.56 Å². The monoisotopic (exact) mass is 371 g/mol. The predicted octanol–water partition coefficient (Wildman–Crippen LogP) is 4.51. The second-order valence-electron chi connectivity index (χ2n) is 6.10. The van der Waals surface area contributed by atoms with Crippen molar-refractivity contribution >= 4 is 17.5 Å². The normalized spacial score (nSPS) is 16.8. The van der Waals surface area contributed by atoms with Gasteiger partial charge in [-0.25, -0.2) is 4.39 Å². The second-order valence-corrected chi connectivity index (χ2v) is 6.54. The molecule has 1 saturated heterocycles. The minimum Gasteiger partial charge on any atom is -0.337 e. The number of carbonyl (C=O) groups excluding carboxylic acids is 1. The Balaban J connectivity index is 1.60. The molecule has 4 rings (SSSR count). The van der Waals surface area contributed by atoms with Crippen molar-refractivity contribution < 1.29 is 13.7 Å². The third-order valence-electron chi connectivity index (χ3n) is 4.45. The van der Waals surface area contributed by atoms with Crippen molar-refractivity contribution in [3.8, 4) is 11.4 Å². The number of rotatable bonds is 3. The third kappa shape index (κ3) is 3.08. The van der Waals surface area contributed by atoms with E-state index in [9.17, 15) is 9.18 Å². The highest BCUT2D eigenvalue weighted by atomic mass is 35.5. The summed E-state index contributed by atoms with van der Waals surface area (Å²) >= 11 is 5.89. The van der Waals surface area contributed by atoms with Crippen molar-refractivity contribution in [2.24, 2.45) is 0 Å². The number of carbonyl (C=O) groups is 1. The Morgan fingerprint density at radius 1 is 1.19 bits per heavy atom. The van der Waals surface area contributed by atoms with Crippen molar-refractivity contribution in [1.29, 1.82) is 0 Å². The molecule has 0 saturated carbocycles. The van der Waals surface area contributed by atoms with Crippen LogP contribution in [0.2, 0.25) is 5.02 Å². The molecule has 0 aliphatic carbocycles. The molecule has 1 aliphatic heterocycles. The molecular formula is C19H15ClFN3O2. The lowest BCUT2D eigenvalue weighted by atomic mass is 10.1. The van der Waals surface area contributed by atoms with E-state index in [1.807, 2.05) is 0 Å². The minimum absolute atomic E-state index is 0.0526. The van der Waals surface area contributed by atoms with Gasteiger partial charge in [-0.2, -0.15) is 4.98 Å². The molecular weight excluding hydrogens is 357 g/mol. The average molecular weight is 372 g/mol. The molecule has 1 aromatic heterocycles. The van der Waals surface area contributed by atoms with E-state index in [4.69, 9.17) is 16.1 Å². The van der Waals surface area contributed by atoms with Gasteiger partial charge in [0.15, 0.2) is 0 Å². The second kappa shape index (κ2) is 6.88. The average Bonchev–Trinajstić information content (AvgIpc) is 3.31. The summed E-state index contributed by atoms with van der Waals surface area (Å²) in [7, 11) is 0. The summed E-state index contributed by atoms with van der Waals surface area (Å²) in [5.74, 6) is -0.105. The molecule has 5 nitrogen and oxygen atoms in total. The Labute approximate surface area is 154 Å². The molecule has 132 valence electrons. The molecule has 2 heterocycles. The van der Waals surface area contributed by atoms with Gasteiger partial charge in [-0.1, -0.05) is 28.9 Å². The Morgan fingerprint density at radius 3 is 2.73 bits per heavy atom. The first-order valence-electron chi connectivity index (χ1n) is 8.28. The first-order valence-corrected chi connectivity index (χ1v) is 8.66. The topological polar surface area (TPSA) is 59.2 Å². The maximum absolute atomic E-state index is 14.0. The highest BCUT2D eigenvalue weighted by Gasteiger charge is 2.35. The highest BCUT2D eigenvalue weighted by Crippen LogP contribution is 2.33. The Hall–Kier alpha value is -2.73. The first-order chi connectivity index (χ1) is 12.6. The largest absolute Gasteiger partial charge is 0.337 e. The Kier molecular flexibility index (Phi) is 4.42. The van der Waals surface area contributed by atoms with Crippen LogP contribution in [0.1, 0.15) is 35.1 Å². The van der Waals surface area contributed by atoms with E-state index in [1.165, 1.54) is 12.1 Å². The molecule has 3 aromatic rings. The molecule has 0 N–H and O–H groups in total. The predicted molar refractivity (Wildman–Crippen MR) is 94.2 cm³/mol. The lowest BCUT2D eigenvalue weighted by Gasteiger charge is -2.22.